The molecule has 7 heteroatoms. The van der Waals surface area contributed by atoms with Gasteiger partial charge >= 0.3 is 17.9 Å². The highest BCUT2D eigenvalue weighted by molar-refractivity contribution is 5.71. The Labute approximate surface area is 251 Å². The monoisotopic (exact) mass is 582 g/mol. The Morgan fingerprint density at radius 2 is 0.829 bits per heavy atom. The fourth-order valence-electron chi connectivity index (χ4n) is 5.92. The number of carboxylic acid groups (broad SMARTS) is 3. The first-order chi connectivity index (χ1) is 19.7. The van der Waals surface area contributed by atoms with Gasteiger partial charge in [-0.25, -0.2) is 0 Å². The lowest BCUT2D eigenvalue weighted by molar-refractivity contribution is -0.935. The Morgan fingerprint density at radius 3 is 1.15 bits per heavy atom. The highest BCUT2D eigenvalue weighted by atomic mass is 16.4. The van der Waals surface area contributed by atoms with E-state index in [1.54, 1.807) is 0 Å². The molecule has 0 radical (unpaired) electrons. The fourth-order valence-corrected chi connectivity index (χ4v) is 5.92. The van der Waals surface area contributed by atoms with Crippen molar-refractivity contribution in [2.75, 3.05) is 26.2 Å². The molecule has 7 nitrogen and oxygen atoms in total. The molecule has 0 saturated heterocycles. The number of nitrogens with zero attached hydrogens (tertiary/aromatic N) is 1. The molecule has 0 rings (SSSR count). The summed E-state index contributed by atoms with van der Waals surface area (Å²) in [6, 6.07) is 0. The third-order valence-corrected chi connectivity index (χ3v) is 8.74. The standard InChI is InChI=1S/C34H63NO6/c1-5-9-10-11-12-13-14-15-16-17-18-19-20-21-22-23-24-25-35(26-29(6-2)32(36)37,27-30(7-3)33(38)39)28-31(8-4)34(40)41/h17-18,29-31H,5-16,19-28H2,1-4H3,(H2-,36,37,38,39,40,41)/p+1/b18-17+. The lowest BCUT2D eigenvalue weighted by atomic mass is 9.95. The number of quaternary nitrogens is 1. The molecule has 0 saturated carbocycles. The maximum atomic E-state index is 12.0. The van der Waals surface area contributed by atoms with Gasteiger partial charge in [0.25, 0.3) is 0 Å². The van der Waals surface area contributed by atoms with E-state index in [2.05, 4.69) is 19.1 Å². The van der Waals surface area contributed by atoms with Gasteiger partial charge in [0.1, 0.15) is 17.8 Å². The van der Waals surface area contributed by atoms with E-state index in [1.165, 1.54) is 57.8 Å². The van der Waals surface area contributed by atoms with Gasteiger partial charge in [-0.15, -0.1) is 0 Å². The molecule has 0 aromatic heterocycles. The quantitative estimate of drug-likeness (QED) is 0.0463. The van der Waals surface area contributed by atoms with Crippen molar-refractivity contribution in [1.29, 1.82) is 0 Å². The summed E-state index contributed by atoms with van der Waals surface area (Å²) in [5, 5.41) is 29.4. The van der Waals surface area contributed by atoms with Crippen molar-refractivity contribution < 1.29 is 34.2 Å². The van der Waals surface area contributed by atoms with E-state index in [4.69, 9.17) is 0 Å². The molecule has 0 aromatic carbocycles. The molecule has 0 spiro atoms. The van der Waals surface area contributed by atoms with Gasteiger partial charge in [0.05, 0.1) is 26.2 Å². The number of hydrogen-bond donors (Lipinski definition) is 3. The van der Waals surface area contributed by atoms with E-state index < -0.39 is 35.7 Å². The van der Waals surface area contributed by atoms with Gasteiger partial charge in [-0.3, -0.25) is 14.4 Å². The van der Waals surface area contributed by atoms with E-state index in [-0.39, 0.29) is 24.1 Å². The van der Waals surface area contributed by atoms with E-state index in [0.29, 0.717) is 25.8 Å². The van der Waals surface area contributed by atoms with Gasteiger partial charge in [-0.1, -0.05) is 97.6 Å². The van der Waals surface area contributed by atoms with Crippen molar-refractivity contribution >= 4 is 17.9 Å². The molecule has 0 heterocycles. The van der Waals surface area contributed by atoms with Crippen LogP contribution in [0.3, 0.4) is 0 Å². The SMILES string of the molecule is CCCCCCCCCC/C=C/CCCCCCC[N+](CC(CC)C(=O)O)(CC(CC)C(=O)O)CC(CC)C(=O)O. The van der Waals surface area contributed by atoms with Gasteiger partial charge in [-0.05, 0) is 57.8 Å². The predicted octanol–water partition coefficient (Wildman–Crippen LogP) is 8.56. The van der Waals surface area contributed by atoms with Crippen LogP contribution < -0.4 is 0 Å². The van der Waals surface area contributed by atoms with E-state index in [1.807, 2.05) is 20.8 Å². The summed E-state index contributed by atoms with van der Waals surface area (Å²) in [6.45, 7) is 9.22. The Morgan fingerprint density at radius 1 is 0.512 bits per heavy atom. The molecule has 0 aromatic rings. The third-order valence-electron chi connectivity index (χ3n) is 8.74. The molecule has 3 atom stereocenters. The molecule has 3 N–H and O–H groups in total. The minimum absolute atomic E-state index is 0.252. The van der Waals surface area contributed by atoms with Crippen LogP contribution in [0.4, 0.5) is 0 Å². The number of allylic oxidation sites excluding steroid dienone is 2. The van der Waals surface area contributed by atoms with Crippen molar-refractivity contribution in [2.24, 2.45) is 17.8 Å². The number of rotatable bonds is 29. The van der Waals surface area contributed by atoms with Crippen LogP contribution in [0.25, 0.3) is 0 Å². The van der Waals surface area contributed by atoms with Crippen molar-refractivity contribution in [3.8, 4) is 0 Å². The van der Waals surface area contributed by atoms with Crippen LogP contribution in [0.5, 0.6) is 0 Å². The predicted molar refractivity (Wildman–Crippen MR) is 168 cm³/mol. The smallest absolute Gasteiger partial charge is 0.312 e. The summed E-state index contributed by atoms with van der Waals surface area (Å²) in [6.07, 6.45) is 24.2. The Balaban J connectivity index is 4.82. The van der Waals surface area contributed by atoms with Crippen molar-refractivity contribution in [3.63, 3.8) is 0 Å². The molecule has 41 heavy (non-hydrogen) atoms. The van der Waals surface area contributed by atoms with Crippen LogP contribution >= 0.6 is 0 Å². The highest BCUT2D eigenvalue weighted by Crippen LogP contribution is 2.25. The van der Waals surface area contributed by atoms with Crippen molar-refractivity contribution in [1.82, 2.24) is 0 Å². The van der Waals surface area contributed by atoms with E-state index in [9.17, 15) is 29.7 Å². The van der Waals surface area contributed by atoms with Crippen LogP contribution in [-0.2, 0) is 14.4 Å². The first-order valence-electron chi connectivity index (χ1n) is 16.8. The van der Waals surface area contributed by atoms with Crippen molar-refractivity contribution in [3.05, 3.63) is 12.2 Å². The van der Waals surface area contributed by atoms with E-state index >= 15 is 0 Å². The maximum Gasteiger partial charge on any atom is 0.312 e. The second-order valence-corrected chi connectivity index (χ2v) is 12.2. The lowest BCUT2D eigenvalue weighted by Gasteiger charge is -2.43. The summed E-state index contributed by atoms with van der Waals surface area (Å²) in [4.78, 5) is 35.9. The normalized spacial score (nSPS) is 15.4. The highest BCUT2D eigenvalue weighted by Gasteiger charge is 2.40. The third kappa shape index (κ3) is 19.0. The average molecular weight is 583 g/mol. The molecule has 0 aliphatic heterocycles. The van der Waals surface area contributed by atoms with Crippen LogP contribution in [0, 0.1) is 17.8 Å². The van der Waals surface area contributed by atoms with Crippen LogP contribution in [0.2, 0.25) is 0 Å². The molecule has 0 aliphatic carbocycles. The Hall–Kier alpha value is -1.89. The molecule has 240 valence electrons. The van der Waals surface area contributed by atoms with Gasteiger partial charge in [0.2, 0.25) is 0 Å². The summed E-state index contributed by atoms with van der Waals surface area (Å²) in [5.41, 5.74) is 0. The zero-order valence-corrected chi connectivity index (χ0v) is 27.0. The molecular formula is C34H64NO6+. The average Bonchev–Trinajstić information content (AvgIpc) is 2.94. The lowest BCUT2D eigenvalue weighted by Crippen LogP contribution is -2.58. The fraction of sp³-hybridized carbons (Fsp3) is 0.853. The molecule has 0 bridgehead atoms. The summed E-state index contributed by atoms with van der Waals surface area (Å²) >= 11 is 0. The van der Waals surface area contributed by atoms with Gasteiger partial charge in [0.15, 0.2) is 0 Å². The number of carbonyl (C=O) groups is 3. The minimum Gasteiger partial charge on any atom is -0.481 e. The number of unbranched alkanes of at least 4 members (excludes halogenated alkanes) is 13. The zero-order valence-electron chi connectivity index (χ0n) is 27.0. The largest absolute Gasteiger partial charge is 0.481 e. The molecule has 3 unspecified atom stereocenters. The van der Waals surface area contributed by atoms with E-state index in [0.717, 1.165) is 38.5 Å². The summed E-state index contributed by atoms with van der Waals surface area (Å²) in [7, 11) is 0. The topological polar surface area (TPSA) is 112 Å². The Bertz CT molecular complexity index is 662. The number of carboxylic acids is 3. The minimum atomic E-state index is -0.891. The first kappa shape index (κ1) is 39.1. The first-order valence-corrected chi connectivity index (χ1v) is 16.8. The number of hydrogen-bond acceptors (Lipinski definition) is 3. The second kappa shape index (κ2) is 24.7. The summed E-state index contributed by atoms with van der Waals surface area (Å²) < 4.78 is 0.252. The zero-order chi connectivity index (χ0) is 30.9. The van der Waals surface area contributed by atoms with Gasteiger partial charge < -0.3 is 19.8 Å². The van der Waals surface area contributed by atoms with Crippen molar-refractivity contribution in [2.45, 2.75) is 143 Å². The summed E-state index contributed by atoms with van der Waals surface area (Å²) in [5.74, 6) is -4.54. The van der Waals surface area contributed by atoms with Gasteiger partial charge in [-0.2, -0.15) is 0 Å². The number of aliphatic carboxylic acids is 3. The van der Waals surface area contributed by atoms with Crippen LogP contribution in [0.15, 0.2) is 12.2 Å². The molecule has 0 amide bonds. The van der Waals surface area contributed by atoms with Gasteiger partial charge in [0, 0.05) is 0 Å². The molecular weight excluding hydrogens is 518 g/mol. The maximum absolute atomic E-state index is 12.0. The molecule has 0 aliphatic rings. The second-order valence-electron chi connectivity index (χ2n) is 12.2. The van der Waals surface area contributed by atoms with Crippen LogP contribution in [-0.4, -0.2) is 63.9 Å². The van der Waals surface area contributed by atoms with Crippen LogP contribution in [0.1, 0.15) is 143 Å². The Kier molecular flexibility index (Phi) is 23.5. The molecule has 0 fully saturated rings.